The lowest BCUT2D eigenvalue weighted by atomic mass is 10.2. The van der Waals surface area contributed by atoms with Crippen LogP contribution >= 0.6 is 0 Å². The summed E-state index contributed by atoms with van der Waals surface area (Å²) in [6.07, 6.45) is 1.14. The van der Waals surface area contributed by atoms with E-state index in [1.165, 1.54) is 5.56 Å². The number of furan rings is 1. The van der Waals surface area contributed by atoms with Crippen LogP contribution < -0.4 is 5.32 Å². The van der Waals surface area contributed by atoms with Crippen LogP contribution in [0.3, 0.4) is 0 Å². The summed E-state index contributed by atoms with van der Waals surface area (Å²) in [6.45, 7) is 10.9. The molecule has 0 unspecified atom stereocenters. The van der Waals surface area contributed by atoms with Crippen molar-refractivity contribution in [3.05, 3.63) is 40.6 Å². The first-order chi connectivity index (χ1) is 9.10. The zero-order valence-corrected chi connectivity index (χ0v) is 12.3. The van der Waals surface area contributed by atoms with Gasteiger partial charge in [0, 0.05) is 5.69 Å². The molecule has 0 saturated heterocycles. The molecule has 0 amide bonds. The number of aryl methyl sites for hydroxylation is 3. The van der Waals surface area contributed by atoms with Crippen LogP contribution in [0.5, 0.6) is 0 Å². The summed E-state index contributed by atoms with van der Waals surface area (Å²) in [6, 6.07) is 4.19. The maximum Gasteiger partial charge on any atom is 0.126 e. The topological polar surface area (TPSA) is 43.0 Å². The van der Waals surface area contributed by atoms with Gasteiger partial charge in [0.15, 0.2) is 0 Å². The maximum atomic E-state index is 5.91. The molecule has 4 nitrogen and oxygen atoms in total. The summed E-state index contributed by atoms with van der Waals surface area (Å²) < 4.78 is 7.89. The Hall–Kier alpha value is -1.55. The van der Waals surface area contributed by atoms with Crippen LogP contribution in [0, 0.1) is 20.8 Å². The van der Waals surface area contributed by atoms with E-state index in [1.807, 2.05) is 11.6 Å². The van der Waals surface area contributed by atoms with E-state index in [-0.39, 0.29) is 0 Å². The standard InChI is InChI=1S/C15H23N3O/c1-5-6-16-9-15-11(2)7-14(19-15)10-18-13(4)8-12(3)17-18/h7-8,16H,5-6,9-10H2,1-4H3. The molecule has 0 fully saturated rings. The molecule has 2 heterocycles. The van der Waals surface area contributed by atoms with Gasteiger partial charge in [-0.1, -0.05) is 6.92 Å². The molecule has 0 aliphatic rings. The Morgan fingerprint density at radius 2 is 2.05 bits per heavy atom. The average Bonchev–Trinajstić information content (AvgIpc) is 2.84. The van der Waals surface area contributed by atoms with Gasteiger partial charge < -0.3 is 9.73 Å². The fourth-order valence-corrected chi connectivity index (χ4v) is 2.20. The van der Waals surface area contributed by atoms with Crippen molar-refractivity contribution in [2.45, 2.75) is 47.2 Å². The van der Waals surface area contributed by atoms with E-state index >= 15 is 0 Å². The highest BCUT2D eigenvalue weighted by atomic mass is 16.3. The molecule has 2 aromatic heterocycles. The van der Waals surface area contributed by atoms with Gasteiger partial charge in [0.2, 0.25) is 0 Å². The summed E-state index contributed by atoms with van der Waals surface area (Å²) in [7, 11) is 0. The summed E-state index contributed by atoms with van der Waals surface area (Å²) in [5.74, 6) is 2.00. The van der Waals surface area contributed by atoms with Crippen molar-refractivity contribution in [3.63, 3.8) is 0 Å². The molecule has 0 radical (unpaired) electrons. The molecule has 0 spiro atoms. The van der Waals surface area contributed by atoms with E-state index < -0.39 is 0 Å². The van der Waals surface area contributed by atoms with Crippen molar-refractivity contribution < 1.29 is 4.42 Å². The third kappa shape index (κ3) is 3.47. The van der Waals surface area contributed by atoms with Crippen molar-refractivity contribution in [2.24, 2.45) is 0 Å². The van der Waals surface area contributed by atoms with Crippen LogP contribution in [-0.2, 0) is 13.1 Å². The van der Waals surface area contributed by atoms with Gasteiger partial charge in [-0.2, -0.15) is 5.10 Å². The van der Waals surface area contributed by atoms with E-state index in [4.69, 9.17) is 4.42 Å². The van der Waals surface area contributed by atoms with Crippen LogP contribution in [0.15, 0.2) is 16.5 Å². The maximum absolute atomic E-state index is 5.91. The predicted octanol–water partition coefficient (Wildman–Crippen LogP) is 2.95. The van der Waals surface area contributed by atoms with Crippen LogP contribution in [0.1, 0.15) is 41.8 Å². The average molecular weight is 261 g/mol. The van der Waals surface area contributed by atoms with Gasteiger partial charge in [-0.05, 0) is 51.4 Å². The summed E-state index contributed by atoms with van der Waals surface area (Å²) in [5, 5.41) is 7.83. The third-order valence-corrected chi connectivity index (χ3v) is 3.19. The monoisotopic (exact) mass is 261 g/mol. The Morgan fingerprint density at radius 1 is 1.26 bits per heavy atom. The zero-order chi connectivity index (χ0) is 13.8. The number of hydrogen-bond donors (Lipinski definition) is 1. The molecule has 0 atom stereocenters. The molecule has 4 heteroatoms. The summed E-state index contributed by atoms with van der Waals surface area (Å²) >= 11 is 0. The van der Waals surface area contributed by atoms with E-state index in [0.29, 0.717) is 6.54 Å². The van der Waals surface area contributed by atoms with E-state index in [9.17, 15) is 0 Å². The number of nitrogens with zero attached hydrogens (tertiary/aromatic N) is 2. The van der Waals surface area contributed by atoms with Crippen molar-refractivity contribution in [3.8, 4) is 0 Å². The minimum absolute atomic E-state index is 0.703. The minimum atomic E-state index is 0.703. The normalized spacial score (nSPS) is 11.2. The van der Waals surface area contributed by atoms with Gasteiger partial charge in [-0.15, -0.1) is 0 Å². The Balaban J connectivity index is 2.05. The molecule has 0 bridgehead atoms. The Labute approximate surface area is 114 Å². The lowest BCUT2D eigenvalue weighted by Gasteiger charge is -2.02. The number of hydrogen-bond acceptors (Lipinski definition) is 3. The Kier molecular flexibility index (Phi) is 4.43. The molecule has 2 aromatic rings. The second-order valence-corrected chi connectivity index (χ2v) is 5.08. The molecule has 104 valence electrons. The fourth-order valence-electron chi connectivity index (χ4n) is 2.20. The van der Waals surface area contributed by atoms with Crippen molar-refractivity contribution in [1.29, 1.82) is 0 Å². The van der Waals surface area contributed by atoms with Crippen molar-refractivity contribution in [2.75, 3.05) is 6.54 Å². The number of rotatable bonds is 6. The van der Waals surface area contributed by atoms with Crippen LogP contribution in [0.25, 0.3) is 0 Å². The van der Waals surface area contributed by atoms with E-state index in [1.54, 1.807) is 0 Å². The van der Waals surface area contributed by atoms with Crippen molar-refractivity contribution >= 4 is 0 Å². The SMILES string of the molecule is CCCNCc1oc(Cn2nc(C)cc2C)cc1C. The predicted molar refractivity (Wildman–Crippen MR) is 76.2 cm³/mol. The van der Waals surface area contributed by atoms with Gasteiger partial charge in [0.25, 0.3) is 0 Å². The number of aromatic nitrogens is 2. The molecule has 0 aliphatic carbocycles. The number of nitrogens with one attached hydrogen (secondary N) is 1. The summed E-state index contributed by atoms with van der Waals surface area (Å²) in [4.78, 5) is 0. The highest BCUT2D eigenvalue weighted by molar-refractivity contribution is 5.20. The van der Waals surface area contributed by atoms with E-state index in [0.717, 1.165) is 42.4 Å². The summed E-state index contributed by atoms with van der Waals surface area (Å²) in [5.41, 5.74) is 3.42. The first-order valence-corrected chi connectivity index (χ1v) is 6.90. The Bertz CT molecular complexity index is 540. The molecule has 2 rings (SSSR count). The highest BCUT2D eigenvalue weighted by Gasteiger charge is 2.09. The first-order valence-electron chi connectivity index (χ1n) is 6.90. The molecular weight excluding hydrogens is 238 g/mol. The van der Waals surface area contributed by atoms with E-state index in [2.05, 4.69) is 43.3 Å². The van der Waals surface area contributed by atoms with Gasteiger partial charge in [0.05, 0.1) is 18.8 Å². The molecule has 0 aliphatic heterocycles. The zero-order valence-electron chi connectivity index (χ0n) is 12.3. The highest BCUT2D eigenvalue weighted by Crippen LogP contribution is 2.16. The van der Waals surface area contributed by atoms with Crippen LogP contribution in [0.4, 0.5) is 0 Å². The lowest BCUT2D eigenvalue weighted by Crippen LogP contribution is -2.13. The van der Waals surface area contributed by atoms with Gasteiger partial charge >= 0.3 is 0 Å². The van der Waals surface area contributed by atoms with Gasteiger partial charge in [-0.25, -0.2) is 0 Å². The second-order valence-electron chi connectivity index (χ2n) is 5.08. The third-order valence-electron chi connectivity index (χ3n) is 3.19. The quantitative estimate of drug-likeness (QED) is 0.813. The minimum Gasteiger partial charge on any atom is -0.462 e. The lowest BCUT2D eigenvalue weighted by molar-refractivity contribution is 0.427. The molecule has 0 saturated carbocycles. The van der Waals surface area contributed by atoms with Crippen molar-refractivity contribution in [1.82, 2.24) is 15.1 Å². The van der Waals surface area contributed by atoms with Crippen LogP contribution in [0.2, 0.25) is 0 Å². The molecular formula is C15H23N3O. The molecule has 19 heavy (non-hydrogen) atoms. The fraction of sp³-hybridized carbons (Fsp3) is 0.533. The molecule has 0 aromatic carbocycles. The largest absolute Gasteiger partial charge is 0.462 e. The van der Waals surface area contributed by atoms with Gasteiger partial charge in [-0.3, -0.25) is 4.68 Å². The Morgan fingerprint density at radius 3 is 2.68 bits per heavy atom. The second kappa shape index (κ2) is 6.06. The molecule has 1 N–H and O–H groups in total. The van der Waals surface area contributed by atoms with Crippen LogP contribution in [-0.4, -0.2) is 16.3 Å². The first kappa shape index (κ1) is 13.9. The van der Waals surface area contributed by atoms with Gasteiger partial charge in [0.1, 0.15) is 11.5 Å². The smallest absolute Gasteiger partial charge is 0.126 e.